The summed E-state index contributed by atoms with van der Waals surface area (Å²) < 4.78 is 10.8. The van der Waals surface area contributed by atoms with Crippen molar-refractivity contribution in [3.05, 3.63) is 0 Å². The minimum Gasteiger partial charge on any atom is -0.465 e. The summed E-state index contributed by atoms with van der Waals surface area (Å²) in [6.45, 7) is 12.0. The fourth-order valence-electron chi connectivity index (χ4n) is 2.06. The molecule has 1 unspecified atom stereocenters. The van der Waals surface area contributed by atoms with E-state index < -0.39 is 0 Å². The van der Waals surface area contributed by atoms with E-state index in [2.05, 4.69) is 27.7 Å². The van der Waals surface area contributed by atoms with Crippen LogP contribution in [0, 0.1) is 11.3 Å². The summed E-state index contributed by atoms with van der Waals surface area (Å²) in [6.07, 6.45) is 7.23. The third-order valence-electron chi connectivity index (χ3n) is 3.56. The van der Waals surface area contributed by atoms with Crippen molar-refractivity contribution in [2.24, 2.45) is 11.3 Å². The highest BCUT2D eigenvalue weighted by atomic mass is 16.5. The van der Waals surface area contributed by atoms with Crippen LogP contribution in [0.1, 0.15) is 73.1 Å². The smallest absolute Gasteiger partial charge is 0.311 e. The second kappa shape index (κ2) is 11.1. The Balaban J connectivity index is 3.90. The van der Waals surface area contributed by atoms with Crippen LogP contribution < -0.4 is 0 Å². The Kier molecular flexibility index (Phi) is 10.8. The van der Waals surface area contributed by atoms with Gasteiger partial charge in [0.15, 0.2) is 0 Å². The van der Waals surface area contributed by atoms with E-state index >= 15 is 0 Å². The lowest BCUT2D eigenvalue weighted by Crippen LogP contribution is -2.34. The van der Waals surface area contributed by atoms with Gasteiger partial charge in [-0.1, -0.05) is 59.8 Å². The third-order valence-corrected chi connectivity index (χ3v) is 3.56. The molecule has 0 aromatic rings. The van der Waals surface area contributed by atoms with Crippen LogP contribution in [0.2, 0.25) is 0 Å². The molecule has 3 nitrogen and oxygen atoms in total. The van der Waals surface area contributed by atoms with Gasteiger partial charge in [-0.3, -0.25) is 4.79 Å². The Labute approximate surface area is 125 Å². The zero-order valence-electron chi connectivity index (χ0n) is 14.2. The van der Waals surface area contributed by atoms with Crippen molar-refractivity contribution in [3.8, 4) is 0 Å². The van der Waals surface area contributed by atoms with Gasteiger partial charge in [-0.2, -0.15) is 0 Å². The van der Waals surface area contributed by atoms with Crippen LogP contribution in [-0.4, -0.2) is 25.8 Å². The number of rotatable bonds is 11. The van der Waals surface area contributed by atoms with E-state index in [1.807, 2.05) is 6.92 Å². The molecule has 0 spiro atoms. The van der Waals surface area contributed by atoms with E-state index in [1.165, 1.54) is 25.7 Å². The first-order valence-corrected chi connectivity index (χ1v) is 8.17. The molecule has 0 saturated carbocycles. The maximum absolute atomic E-state index is 12.1. The van der Waals surface area contributed by atoms with Gasteiger partial charge in [-0.05, 0) is 18.8 Å². The molecule has 0 aliphatic carbocycles. The molecule has 0 saturated heterocycles. The first-order valence-electron chi connectivity index (χ1n) is 8.17. The fraction of sp³-hybridized carbons (Fsp3) is 0.941. The summed E-state index contributed by atoms with van der Waals surface area (Å²) >= 11 is 0. The van der Waals surface area contributed by atoms with Crippen molar-refractivity contribution in [1.82, 2.24) is 0 Å². The Morgan fingerprint density at radius 1 is 1.00 bits per heavy atom. The average Bonchev–Trinajstić information content (AvgIpc) is 2.36. The summed E-state index contributed by atoms with van der Waals surface area (Å²) in [6, 6.07) is 0. The standard InChI is InChI=1S/C17H34O3/c1-6-8-9-10-11-12-13-20-16(18)15(14-19-7-2)17(3,4)5/h15H,6-14H2,1-5H3. The highest BCUT2D eigenvalue weighted by Crippen LogP contribution is 2.27. The first-order chi connectivity index (χ1) is 9.43. The topological polar surface area (TPSA) is 35.5 Å². The molecule has 0 aromatic heterocycles. The Bertz CT molecular complexity index is 243. The maximum Gasteiger partial charge on any atom is 0.311 e. The molecule has 0 aliphatic heterocycles. The van der Waals surface area contributed by atoms with E-state index in [1.54, 1.807) is 0 Å². The molecule has 0 radical (unpaired) electrons. The molecule has 120 valence electrons. The van der Waals surface area contributed by atoms with Crippen LogP contribution in [-0.2, 0) is 14.3 Å². The molecule has 3 heteroatoms. The van der Waals surface area contributed by atoms with Gasteiger partial charge in [0.1, 0.15) is 0 Å². The number of hydrogen-bond donors (Lipinski definition) is 0. The largest absolute Gasteiger partial charge is 0.465 e. The number of carbonyl (C=O) groups excluding carboxylic acids is 1. The predicted octanol–water partition coefficient (Wildman–Crippen LogP) is 4.59. The minimum atomic E-state index is -0.178. The maximum atomic E-state index is 12.1. The zero-order chi connectivity index (χ0) is 15.4. The molecule has 0 amide bonds. The molecule has 0 fully saturated rings. The summed E-state index contributed by atoms with van der Waals surface area (Å²) in [5.41, 5.74) is -0.118. The Hall–Kier alpha value is -0.570. The second-order valence-electron chi connectivity index (χ2n) is 6.51. The number of esters is 1. The Morgan fingerprint density at radius 3 is 2.15 bits per heavy atom. The fourth-order valence-corrected chi connectivity index (χ4v) is 2.06. The lowest BCUT2D eigenvalue weighted by atomic mass is 9.81. The van der Waals surface area contributed by atoms with Gasteiger partial charge in [-0.25, -0.2) is 0 Å². The highest BCUT2D eigenvalue weighted by Gasteiger charge is 2.32. The molecule has 0 heterocycles. The lowest BCUT2D eigenvalue weighted by Gasteiger charge is -2.28. The van der Waals surface area contributed by atoms with Crippen LogP contribution in [0.3, 0.4) is 0 Å². The minimum absolute atomic E-state index is 0.112. The number of hydrogen-bond acceptors (Lipinski definition) is 3. The molecule has 0 rings (SSSR count). The van der Waals surface area contributed by atoms with Crippen LogP contribution in [0.5, 0.6) is 0 Å². The van der Waals surface area contributed by atoms with Crippen LogP contribution >= 0.6 is 0 Å². The first kappa shape index (κ1) is 19.4. The number of ether oxygens (including phenoxy) is 2. The summed E-state index contributed by atoms with van der Waals surface area (Å²) in [5.74, 6) is -0.290. The van der Waals surface area contributed by atoms with E-state index in [-0.39, 0.29) is 17.3 Å². The average molecular weight is 286 g/mol. The van der Waals surface area contributed by atoms with Crippen molar-refractivity contribution >= 4 is 5.97 Å². The molecule has 1 atom stereocenters. The second-order valence-corrected chi connectivity index (χ2v) is 6.51. The molecular formula is C17H34O3. The summed E-state index contributed by atoms with van der Waals surface area (Å²) in [4.78, 5) is 12.1. The monoisotopic (exact) mass is 286 g/mol. The lowest BCUT2D eigenvalue weighted by molar-refractivity contribution is -0.155. The Morgan fingerprint density at radius 2 is 1.60 bits per heavy atom. The van der Waals surface area contributed by atoms with E-state index in [0.717, 1.165) is 12.8 Å². The predicted molar refractivity (Wildman–Crippen MR) is 83.8 cm³/mol. The van der Waals surface area contributed by atoms with Gasteiger partial charge in [0, 0.05) is 6.61 Å². The summed E-state index contributed by atoms with van der Waals surface area (Å²) in [7, 11) is 0. The van der Waals surface area contributed by atoms with Crippen molar-refractivity contribution in [2.75, 3.05) is 19.8 Å². The van der Waals surface area contributed by atoms with Gasteiger partial charge in [0.25, 0.3) is 0 Å². The van der Waals surface area contributed by atoms with Crippen molar-refractivity contribution in [2.45, 2.75) is 73.1 Å². The highest BCUT2D eigenvalue weighted by molar-refractivity contribution is 5.73. The van der Waals surface area contributed by atoms with Gasteiger partial charge in [0.05, 0.1) is 19.1 Å². The van der Waals surface area contributed by atoms with Gasteiger partial charge in [-0.15, -0.1) is 0 Å². The van der Waals surface area contributed by atoms with E-state index in [4.69, 9.17) is 9.47 Å². The molecule has 0 aromatic carbocycles. The SMILES string of the molecule is CCCCCCCCOC(=O)C(COCC)C(C)(C)C. The molecule has 0 bridgehead atoms. The van der Waals surface area contributed by atoms with Crippen LogP contribution in [0.25, 0.3) is 0 Å². The zero-order valence-corrected chi connectivity index (χ0v) is 14.2. The van der Waals surface area contributed by atoms with Crippen molar-refractivity contribution < 1.29 is 14.3 Å². The molecule has 0 aliphatic rings. The normalized spacial score (nSPS) is 13.2. The summed E-state index contributed by atoms with van der Waals surface area (Å²) in [5, 5.41) is 0. The van der Waals surface area contributed by atoms with Gasteiger partial charge >= 0.3 is 5.97 Å². The molecule has 0 N–H and O–H groups in total. The van der Waals surface area contributed by atoms with Gasteiger partial charge in [0.2, 0.25) is 0 Å². The van der Waals surface area contributed by atoms with Crippen molar-refractivity contribution in [3.63, 3.8) is 0 Å². The molecular weight excluding hydrogens is 252 g/mol. The number of carbonyl (C=O) groups is 1. The van der Waals surface area contributed by atoms with E-state index in [9.17, 15) is 4.79 Å². The molecule has 20 heavy (non-hydrogen) atoms. The van der Waals surface area contributed by atoms with Crippen LogP contribution in [0.15, 0.2) is 0 Å². The van der Waals surface area contributed by atoms with Crippen LogP contribution in [0.4, 0.5) is 0 Å². The third kappa shape index (κ3) is 9.35. The quantitative estimate of drug-likeness (QED) is 0.411. The van der Waals surface area contributed by atoms with Gasteiger partial charge < -0.3 is 9.47 Å². The van der Waals surface area contributed by atoms with Crippen molar-refractivity contribution in [1.29, 1.82) is 0 Å². The van der Waals surface area contributed by atoms with E-state index in [0.29, 0.717) is 19.8 Å². The number of unbranched alkanes of at least 4 members (excludes halogenated alkanes) is 5.